The molecule has 6 N–H and O–H groups in total. The van der Waals surface area contributed by atoms with Crippen LogP contribution in [0.15, 0.2) is 91.0 Å². The zero-order valence-electron chi connectivity index (χ0n) is 15.9. The molecule has 29 heavy (non-hydrogen) atoms. The molecule has 3 heteroatoms. The highest BCUT2D eigenvalue weighted by molar-refractivity contribution is 6.13. The first-order valence-corrected chi connectivity index (χ1v) is 9.57. The van der Waals surface area contributed by atoms with Gasteiger partial charge in [0, 0.05) is 22.6 Å². The Hall–Kier alpha value is -3.98. The molecule has 5 aromatic carbocycles. The summed E-state index contributed by atoms with van der Waals surface area (Å²) in [5, 5.41) is 4.78. The van der Waals surface area contributed by atoms with Crippen LogP contribution in [0, 0.1) is 0 Å². The number of nitrogen functional groups attached to an aromatic ring is 3. The van der Waals surface area contributed by atoms with Crippen molar-refractivity contribution in [2.75, 3.05) is 17.2 Å². The number of rotatable bonds is 2. The summed E-state index contributed by atoms with van der Waals surface area (Å²) in [6, 6.07) is 30.8. The van der Waals surface area contributed by atoms with Crippen LogP contribution in [0.2, 0.25) is 0 Å². The van der Waals surface area contributed by atoms with Gasteiger partial charge in [0.1, 0.15) is 0 Å². The van der Waals surface area contributed by atoms with Gasteiger partial charge in [-0.3, -0.25) is 0 Å². The van der Waals surface area contributed by atoms with Crippen molar-refractivity contribution < 1.29 is 0 Å². The van der Waals surface area contributed by atoms with E-state index in [2.05, 4.69) is 60.7 Å². The van der Waals surface area contributed by atoms with E-state index in [-0.39, 0.29) is 0 Å². The van der Waals surface area contributed by atoms with Gasteiger partial charge in [-0.25, -0.2) is 0 Å². The van der Waals surface area contributed by atoms with Gasteiger partial charge < -0.3 is 17.2 Å². The monoisotopic (exact) mass is 375 g/mol. The van der Waals surface area contributed by atoms with E-state index in [4.69, 9.17) is 17.2 Å². The van der Waals surface area contributed by atoms with Crippen molar-refractivity contribution in [2.45, 2.75) is 0 Å². The molecule has 0 amide bonds. The van der Waals surface area contributed by atoms with E-state index in [1.54, 1.807) is 0 Å². The second-order valence-electron chi connectivity index (χ2n) is 7.38. The van der Waals surface area contributed by atoms with Crippen LogP contribution in [0.25, 0.3) is 43.8 Å². The molecule has 0 heterocycles. The second-order valence-corrected chi connectivity index (χ2v) is 7.38. The lowest BCUT2D eigenvalue weighted by atomic mass is 9.90. The Kier molecular flexibility index (Phi) is 3.88. The van der Waals surface area contributed by atoms with Gasteiger partial charge in [0.05, 0.1) is 0 Å². The predicted octanol–water partition coefficient (Wildman–Crippen LogP) is 6.07. The molecule has 0 spiro atoms. The van der Waals surface area contributed by atoms with Crippen molar-refractivity contribution in [1.29, 1.82) is 0 Å². The van der Waals surface area contributed by atoms with Crippen molar-refractivity contribution in [1.82, 2.24) is 0 Å². The summed E-state index contributed by atoms with van der Waals surface area (Å²) in [5.74, 6) is 0. The van der Waals surface area contributed by atoms with E-state index in [0.29, 0.717) is 11.4 Å². The van der Waals surface area contributed by atoms with Crippen LogP contribution in [-0.2, 0) is 0 Å². The van der Waals surface area contributed by atoms with Gasteiger partial charge in [-0.05, 0) is 80.7 Å². The minimum absolute atomic E-state index is 0.701. The lowest BCUT2D eigenvalue weighted by Crippen LogP contribution is -1.93. The standard InChI is InChI=1S/C26H21N3/c27-20-9-7-16(8-10-20)26-22-4-2-1-3-17(22)13-18-5-6-19(14-24(18)26)23-15-21(28)11-12-25(23)29/h1-15H,27-29H2. The molecule has 0 atom stereocenters. The molecule has 5 rings (SSSR count). The summed E-state index contributed by atoms with van der Waals surface area (Å²) in [6.45, 7) is 0. The molecule has 3 nitrogen and oxygen atoms in total. The van der Waals surface area contributed by atoms with E-state index in [1.807, 2.05) is 30.3 Å². The van der Waals surface area contributed by atoms with Gasteiger partial charge >= 0.3 is 0 Å². The molecule has 0 aliphatic heterocycles. The average Bonchev–Trinajstić information content (AvgIpc) is 2.74. The summed E-state index contributed by atoms with van der Waals surface area (Å²) in [6.07, 6.45) is 0. The number of hydrogen-bond donors (Lipinski definition) is 3. The average molecular weight is 375 g/mol. The van der Waals surface area contributed by atoms with Gasteiger partial charge in [-0.15, -0.1) is 0 Å². The summed E-state index contributed by atoms with van der Waals surface area (Å²) < 4.78 is 0. The third kappa shape index (κ3) is 2.93. The Bertz CT molecular complexity index is 1370. The number of benzene rings is 5. The smallest absolute Gasteiger partial charge is 0.0395 e. The first kappa shape index (κ1) is 17.1. The molecular weight excluding hydrogens is 354 g/mol. The fourth-order valence-electron chi connectivity index (χ4n) is 4.01. The molecule has 0 aliphatic rings. The maximum atomic E-state index is 6.25. The van der Waals surface area contributed by atoms with Crippen molar-refractivity contribution in [3.05, 3.63) is 91.0 Å². The Morgan fingerprint density at radius 2 is 1.17 bits per heavy atom. The lowest BCUT2D eigenvalue weighted by Gasteiger charge is -2.15. The topological polar surface area (TPSA) is 78.1 Å². The molecular formula is C26H21N3. The number of hydrogen-bond acceptors (Lipinski definition) is 3. The summed E-state index contributed by atoms with van der Waals surface area (Å²) >= 11 is 0. The number of fused-ring (bicyclic) bond motifs is 2. The normalized spacial score (nSPS) is 11.2. The molecule has 0 saturated carbocycles. The summed E-state index contributed by atoms with van der Waals surface area (Å²) in [5.41, 5.74) is 24.7. The van der Waals surface area contributed by atoms with Crippen LogP contribution in [-0.4, -0.2) is 0 Å². The molecule has 0 saturated heterocycles. The quantitative estimate of drug-likeness (QED) is 0.259. The maximum Gasteiger partial charge on any atom is 0.0395 e. The highest BCUT2D eigenvalue weighted by Gasteiger charge is 2.12. The largest absolute Gasteiger partial charge is 0.399 e. The molecule has 0 radical (unpaired) electrons. The zero-order valence-corrected chi connectivity index (χ0v) is 15.9. The summed E-state index contributed by atoms with van der Waals surface area (Å²) in [7, 11) is 0. The van der Waals surface area contributed by atoms with Gasteiger partial charge in [-0.2, -0.15) is 0 Å². The van der Waals surface area contributed by atoms with E-state index in [9.17, 15) is 0 Å². The van der Waals surface area contributed by atoms with Crippen LogP contribution in [0.4, 0.5) is 17.1 Å². The second kappa shape index (κ2) is 6.57. The van der Waals surface area contributed by atoms with Crippen molar-refractivity contribution in [3.63, 3.8) is 0 Å². The third-order valence-corrected chi connectivity index (χ3v) is 5.45. The Morgan fingerprint density at radius 1 is 0.483 bits per heavy atom. The van der Waals surface area contributed by atoms with Crippen LogP contribution in [0.5, 0.6) is 0 Å². The van der Waals surface area contributed by atoms with Crippen molar-refractivity contribution >= 4 is 38.6 Å². The highest BCUT2D eigenvalue weighted by Crippen LogP contribution is 2.39. The number of nitrogens with two attached hydrogens (primary N) is 3. The molecule has 0 aromatic heterocycles. The van der Waals surface area contributed by atoms with Crippen molar-refractivity contribution in [3.8, 4) is 22.3 Å². The maximum absolute atomic E-state index is 6.25. The van der Waals surface area contributed by atoms with E-state index in [1.165, 1.54) is 27.1 Å². The zero-order chi connectivity index (χ0) is 20.0. The summed E-state index contributed by atoms with van der Waals surface area (Å²) in [4.78, 5) is 0. The van der Waals surface area contributed by atoms with E-state index >= 15 is 0 Å². The third-order valence-electron chi connectivity index (χ3n) is 5.45. The predicted molar refractivity (Wildman–Crippen MR) is 126 cm³/mol. The van der Waals surface area contributed by atoms with Gasteiger partial charge in [0.25, 0.3) is 0 Å². The molecule has 140 valence electrons. The van der Waals surface area contributed by atoms with E-state index < -0.39 is 0 Å². The van der Waals surface area contributed by atoms with Crippen LogP contribution < -0.4 is 17.2 Å². The highest BCUT2D eigenvalue weighted by atomic mass is 14.6. The van der Waals surface area contributed by atoms with Crippen LogP contribution in [0.1, 0.15) is 0 Å². The van der Waals surface area contributed by atoms with Crippen LogP contribution in [0.3, 0.4) is 0 Å². The van der Waals surface area contributed by atoms with Crippen molar-refractivity contribution in [2.24, 2.45) is 0 Å². The first-order chi connectivity index (χ1) is 14.1. The molecule has 0 fully saturated rings. The Morgan fingerprint density at radius 3 is 2.00 bits per heavy atom. The van der Waals surface area contributed by atoms with E-state index in [0.717, 1.165) is 22.4 Å². The van der Waals surface area contributed by atoms with Crippen LogP contribution >= 0.6 is 0 Å². The minimum atomic E-state index is 0.701. The lowest BCUT2D eigenvalue weighted by molar-refractivity contribution is 1.62. The molecule has 0 bridgehead atoms. The SMILES string of the molecule is Nc1ccc(-c2c3ccccc3cc3ccc(-c4cc(N)ccc4N)cc23)cc1. The number of anilines is 3. The minimum Gasteiger partial charge on any atom is -0.399 e. The Balaban J connectivity index is 1.87. The van der Waals surface area contributed by atoms with Gasteiger partial charge in [0.2, 0.25) is 0 Å². The molecule has 0 unspecified atom stereocenters. The fourth-order valence-corrected chi connectivity index (χ4v) is 4.01. The van der Waals surface area contributed by atoms with Gasteiger partial charge in [-0.1, -0.05) is 48.5 Å². The fraction of sp³-hybridized carbons (Fsp3) is 0. The first-order valence-electron chi connectivity index (χ1n) is 9.57. The Labute approximate surface area is 169 Å². The molecule has 0 aliphatic carbocycles. The van der Waals surface area contributed by atoms with Gasteiger partial charge in [0.15, 0.2) is 0 Å². The molecule has 5 aromatic rings.